The van der Waals surface area contributed by atoms with E-state index in [2.05, 4.69) is 31.1 Å². The Balaban J connectivity index is 2.63. The highest BCUT2D eigenvalue weighted by Gasteiger charge is 1.92. The molecule has 1 heteroatoms. The van der Waals surface area contributed by atoms with Crippen LogP contribution in [-0.2, 0) is 0 Å². The Hall–Kier alpha value is -1.90. The van der Waals surface area contributed by atoms with Crippen LogP contribution in [0.15, 0.2) is 42.1 Å². The van der Waals surface area contributed by atoms with E-state index in [1.165, 1.54) is 12.8 Å². The first kappa shape index (κ1) is 13.2. The monoisotopic (exact) mass is 225 g/mol. The molecule has 0 unspecified atom stereocenters. The third kappa shape index (κ3) is 5.11. The number of benzene rings is 1. The minimum Gasteiger partial charge on any atom is -0.399 e. The minimum atomic E-state index is 0.762. The molecule has 0 spiro atoms. The molecule has 0 aliphatic carbocycles. The maximum Gasteiger partial charge on any atom is 0.0435 e. The summed E-state index contributed by atoms with van der Waals surface area (Å²) < 4.78 is 0. The average molecular weight is 225 g/mol. The van der Waals surface area contributed by atoms with Crippen molar-refractivity contribution >= 4 is 5.69 Å². The number of allylic oxidation sites excluding steroid dienone is 1. The molecule has 0 fully saturated rings. The highest BCUT2D eigenvalue weighted by Crippen LogP contribution is 2.08. The van der Waals surface area contributed by atoms with E-state index in [4.69, 9.17) is 5.73 Å². The molecular formula is C16H19N. The van der Waals surface area contributed by atoms with Crippen molar-refractivity contribution in [3.8, 4) is 11.8 Å². The molecule has 0 heterocycles. The van der Waals surface area contributed by atoms with Crippen LogP contribution in [0.3, 0.4) is 0 Å². The molecule has 0 atom stereocenters. The number of rotatable bonds is 4. The van der Waals surface area contributed by atoms with Gasteiger partial charge < -0.3 is 5.73 Å². The summed E-state index contributed by atoms with van der Waals surface area (Å²) in [6, 6.07) is 7.57. The summed E-state index contributed by atoms with van der Waals surface area (Å²) in [5, 5.41) is 0. The van der Waals surface area contributed by atoms with Gasteiger partial charge >= 0.3 is 0 Å². The normalized spacial score (nSPS) is 9.00. The van der Waals surface area contributed by atoms with Crippen molar-refractivity contribution in [3.63, 3.8) is 0 Å². The second-order valence-electron chi connectivity index (χ2n) is 3.98. The number of nitrogens with two attached hydrogens (primary N) is 1. The highest BCUT2D eigenvalue weighted by atomic mass is 14.5. The first-order valence-electron chi connectivity index (χ1n) is 6.02. The zero-order valence-corrected chi connectivity index (χ0v) is 10.4. The molecular weight excluding hydrogens is 206 g/mol. The van der Waals surface area contributed by atoms with Crippen LogP contribution in [0.2, 0.25) is 0 Å². The van der Waals surface area contributed by atoms with Crippen LogP contribution >= 0.6 is 0 Å². The van der Waals surface area contributed by atoms with Gasteiger partial charge in [0, 0.05) is 16.8 Å². The Bertz CT molecular complexity index is 451. The summed E-state index contributed by atoms with van der Waals surface area (Å²) in [6.07, 6.45) is 4.58. The van der Waals surface area contributed by atoms with Crippen molar-refractivity contribution in [1.29, 1.82) is 0 Å². The van der Waals surface area contributed by atoms with Gasteiger partial charge in [-0.1, -0.05) is 38.2 Å². The van der Waals surface area contributed by atoms with Crippen LogP contribution in [0, 0.1) is 11.8 Å². The molecule has 17 heavy (non-hydrogen) atoms. The zero-order valence-electron chi connectivity index (χ0n) is 10.4. The third-order valence-corrected chi connectivity index (χ3v) is 2.51. The van der Waals surface area contributed by atoms with Crippen molar-refractivity contribution in [1.82, 2.24) is 0 Å². The summed E-state index contributed by atoms with van der Waals surface area (Å²) >= 11 is 0. The molecule has 2 N–H and O–H groups in total. The quantitative estimate of drug-likeness (QED) is 0.357. The second kappa shape index (κ2) is 7.39. The van der Waals surface area contributed by atoms with E-state index in [1.807, 2.05) is 24.3 Å². The fourth-order valence-electron chi connectivity index (χ4n) is 1.46. The van der Waals surface area contributed by atoms with Gasteiger partial charge in [0.1, 0.15) is 0 Å². The summed E-state index contributed by atoms with van der Waals surface area (Å²) in [7, 11) is 0. The second-order valence-corrected chi connectivity index (χ2v) is 3.98. The van der Waals surface area contributed by atoms with Gasteiger partial charge in [-0.25, -0.2) is 0 Å². The summed E-state index contributed by atoms with van der Waals surface area (Å²) in [4.78, 5) is 0. The Morgan fingerprint density at radius 1 is 1.24 bits per heavy atom. The van der Waals surface area contributed by atoms with E-state index in [0.29, 0.717) is 0 Å². The van der Waals surface area contributed by atoms with Crippen molar-refractivity contribution < 1.29 is 0 Å². The first-order valence-corrected chi connectivity index (χ1v) is 6.02. The van der Waals surface area contributed by atoms with Crippen molar-refractivity contribution in [2.45, 2.75) is 32.6 Å². The van der Waals surface area contributed by atoms with E-state index < -0.39 is 0 Å². The fraction of sp³-hybridized carbons (Fsp3) is 0.312. The zero-order chi connectivity index (χ0) is 12.5. The van der Waals surface area contributed by atoms with E-state index in [9.17, 15) is 0 Å². The van der Waals surface area contributed by atoms with Crippen molar-refractivity contribution in [3.05, 3.63) is 47.7 Å². The topological polar surface area (TPSA) is 26.0 Å². The Labute approximate surface area is 104 Å². The van der Waals surface area contributed by atoms with Gasteiger partial charge in [-0.2, -0.15) is 0 Å². The van der Waals surface area contributed by atoms with E-state index >= 15 is 0 Å². The van der Waals surface area contributed by atoms with Crippen molar-refractivity contribution in [2.75, 3.05) is 5.73 Å². The highest BCUT2D eigenvalue weighted by molar-refractivity contribution is 5.46. The number of hydrogen-bond donors (Lipinski definition) is 1. The molecule has 0 aliphatic rings. The molecule has 1 rings (SSSR count). The third-order valence-electron chi connectivity index (χ3n) is 2.51. The lowest BCUT2D eigenvalue weighted by Crippen LogP contribution is -1.84. The first-order chi connectivity index (χ1) is 8.26. The standard InChI is InChI=1S/C16H19N/c1-3-5-6-7-14(4-2)8-9-15-10-12-16(17)13-11-15/h10-13H,2-3,5-7,17H2,1H3. The van der Waals surface area contributed by atoms with Gasteiger partial charge in [0.15, 0.2) is 0 Å². The molecule has 0 bridgehead atoms. The lowest BCUT2D eigenvalue weighted by atomic mass is 10.1. The smallest absolute Gasteiger partial charge is 0.0435 e. The molecule has 0 aliphatic heterocycles. The molecule has 0 aromatic heterocycles. The maximum atomic E-state index is 5.61. The number of hydrogen-bond acceptors (Lipinski definition) is 1. The van der Waals surface area contributed by atoms with Gasteiger partial charge in [-0.3, -0.25) is 0 Å². The molecule has 0 radical (unpaired) electrons. The van der Waals surface area contributed by atoms with Crippen LogP contribution in [0.4, 0.5) is 5.69 Å². The summed E-state index contributed by atoms with van der Waals surface area (Å²) in [6.45, 7) is 5.87. The fourth-order valence-corrected chi connectivity index (χ4v) is 1.46. The SMILES string of the molecule is C=C=C(C#Cc1ccc(N)cc1)CCCCC. The van der Waals surface area contributed by atoms with Gasteiger partial charge in [-0.05, 0) is 37.1 Å². The van der Waals surface area contributed by atoms with Crippen LogP contribution in [0.1, 0.15) is 38.2 Å². The van der Waals surface area contributed by atoms with E-state index in [1.54, 1.807) is 0 Å². The van der Waals surface area contributed by atoms with Crippen molar-refractivity contribution in [2.24, 2.45) is 0 Å². The van der Waals surface area contributed by atoms with Crippen LogP contribution in [0.25, 0.3) is 0 Å². The molecule has 0 amide bonds. The molecule has 0 saturated heterocycles. The molecule has 1 nitrogen and oxygen atoms in total. The summed E-state index contributed by atoms with van der Waals surface area (Å²) in [5.41, 5.74) is 11.3. The number of nitrogen functional groups attached to an aromatic ring is 1. The molecule has 88 valence electrons. The van der Waals surface area contributed by atoms with Crippen LogP contribution in [-0.4, -0.2) is 0 Å². The van der Waals surface area contributed by atoms with Crippen LogP contribution in [0.5, 0.6) is 0 Å². The Morgan fingerprint density at radius 2 is 1.94 bits per heavy atom. The van der Waals surface area contributed by atoms with E-state index in [0.717, 1.165) is 29.7 Å². The molecule has 1 aromatic rings. The van der Waals surface area contributed by atoms with E-state index in [-0.39, 0.29) is 0 Å². The lowest BCUT2D eigenvalue weighted by molar-refractivity contribution is 0.721. The Morgan fingerprint density at radius 3 is 2.53 bits per heavy atom. The molecule has 0 saturated carbocycles. The number of unbranched alkanes of at least 4 members (excludes halogenated alkanes) is 2. The lowest BCUT2D eigenvalue weighted by Gasteiger charge is -1.96. The van der Waals surface area contributed by atoms with Gasteiger partial charge in [0.05, 0.1) is 0 Å². The maximum absolute atomic E-state index is 5.61. The average Bonchev–Trinajstić information content (AvgIpc) is 2.35. The van der Waals surface area contributed by atoms with Crippen LogP contribution < -0.4 is 5.73 Å². The van der Waals surface area contributed by atoms with Gasteiger partial charge in [0.2, 0.25) is 0 Å². The van der Waals surface area contributed by atoms with Gasteiger partial charge in [-0.15, -0.1) is 5.73 Å². The predicted octanol–water partition coefficient (Wildman–Crippen LogP) is 3.91. The molecule has 1 aromatic carbocycles. The predicted molar refractivity (Wildman–Crippen MR) is 74.5 cm³/mol. The largest absolute Gasteiger partial charge is 0.399 e. The van der Waals surface area contributed by atoms with Gasteiger partial charge in [0.25, 0.3) is 0 Å². The Kier molecular flexibility index (Phi) is 5.72. The number of anilines is 1. The minimum absolute atomic E-state index is 0.762. The summed E-state index contributed by atoms with van der Waals surface area (Å²) in [5.74, 6) is 6.22.